The molecule has 1 aliphatic carbocycles. The summed E-state index contributed by atoms with van der Waals surface area (Å²) in [7, 11) is 0. The van der Waals surface area contributed by atoms with Gasteiger partial charge in [0.2, 0.25) is 0 Å². The van der Waals surface area contributed by atoms with Crippen LogP contribution in [-0.2, 0) is 13.0 Å². The zero-order valence-corrected chi connectivity index (χ0v) is 8.27. The predicted molar refractivity (Wildman–Crippen MR) is 50.6 cm³/mol. The van der Waals surface area contributed by atoms with Crippen molar-refractivity contribution in [3.63, 3.8) is 0 Å². The largest absolute Gasteiger partial charge is 0.476 e. The third-order valence-electron chi connectivity index (χ3n) is 3.13. The molecular weight excluding hydrogens is 196 g/mol. The Kier molecular flexibility index (Phi) is 1.82. The van der Waals surface area contributed by atoms with E-state index >= 15 is 0 Å². The Hall–Kier alpha value is -1.36. The van der Waals surface area contributed by atoms with Gasteiger partial charge in [-0.1, -0.05) is 5.16 Å². The van der Waals surface area contributed by atoms with Gasteiger partial charge in [-0.2, -0.15) is 0 Å². The summed E-state index contributed by atoms with van der Waals surface area (Å²) in [5.74, 6) is -0.245. The van der Waals surface area contributed by atoms with E-state index in [1.54, 1.807) is 0 Å². The van der Waals surface area contributed by atoms with E-state index in [1.165, 1.54) is 12.8 Å². The van der Waals surface area contributed by atoms with E-state index in [2.05, 4.69) is 10.1 Å². The molecule has 15 heavy (non-hydrogen) atoms. The van der Waals surface area contributed by atoms with Gasteiger partial charge in [-0.15, -0.1) is 0 Å². The molecule has 1 aromatic rings. The second-order valence-corrected chi connectivity index (χ2v) is 4.19. The summed E-state index contributed by atoms with van der Waals surface area (Å²) in [6.07, 6.45) is 3.27. The number of carboxylic acid groups (broad SMARTS) is 1. The molecule has 0 amide bonds. The van der Waals surface area contributed by atoms with Crippen molar-refractivity contribution >= 4 is 5.97 Å². The van der Waals surface area contributed by atoms with Gasteiger partial charge < -0.3 is 9.63 Å². The van der Waals surface area contributed by atoms with Crippen molar-refractivity contribution in [3.05, 3.63) is 17.0 Å². The second kappa shape index (κ2) is 3.06. The first-order chi connectivity index (χ1) is 7.25. The maximum atomic E-state index is 10.8. The molecule has 0 radical (unpaired) electrons. The maximum Gasteiger partial charge on any atom is 0.358 e. The Labute approximate surface area is 86.7 Å². The highest BCUT2D eigenvalue weighted by Crippen LogP contribution is 2.32. The van der Waals surface area contributed by atoms with E-state index in [0.717, 1.165) is 30.8 Å². The Morgan fingerprint density at radius 3 is 3.00 bits per heavy atom. The van der Waals surface area contributed by atoms with Gasteiger partial charge in [0.1, 0.15) is 0 Å². The standard InChI is InChI=1S/C10H12N2O3/c13-10(14)9-7-3-4-12(6-1-2-6)5-8(7)15-11-9/h6H,1-5H2,(H,13,14). The summed E-state index contributed by atoms with van der Waals surface area (Å²) in [4.78, 5) is 13.2. The minimum Gasteiger partial charge on any atom is -0.476 e. The van der Waals surface area contributed by atoms with Crippen molar-refractivity contribution < 1.29 is 14.4 Å². The molecule has 0 atom stereocenters. The second-order valence-electron chi connectivity index (χ2n) is 4.19. The summed E-state index contributed by atoms with van der Waals surface area (Å²) < 4.78 is 5.08. The molecule has 1 aromatic heterocycles. The topological polar surface area (TPSA) is 66.6 Å². The van der Waals surface area contributed by atoms with Crippen LogP contribution in [0.1, 0.15) is 34.7 Å². The average Bonchev–Trinajstić information content (AvgIpc) is 2.97. The predicted octanol–water partition coefficient (Wildman–Crippen LogP) is 0.893. The molecule has 5 nitrogen and oxygen atoms in total. The number of aromatic nitrogens is 1. The van der Waals surface area contributed by atoms with E-state index in [0.29, 0.717) is 6.04 Å². The van der Waals surface area contributed by atoms with Crippen molar-refractivity contribution in [2.45, 2.75) is 31.8 Å². The molecule has 2 heterocycles. The third kappa shape index (κ3) is 1.43. The first kappa shape index (κ1) is 8.91. The minimum atomic E-state index is -0.986. The van der Waals surface area contributed by atoms with Crippen LogP contribution in [0.4, 0.5) is 0 Å². The fourth-order valence-corrected chi connectivity index (χ4v) is 2.16. The van der Waals surface area contributed by atoms with Crippen molar-refractivity contribution in [3.8, 4) is 0 Å². The normalized spacial score (nSPS) is 21.3. The van der Waals surface area contributed by atoms with Gasteiger partial charge in [-0.05, 0) is 19.3 Å². The number of hydrogen-bond acceptors (Lipinski definition) is 4. The Balaban J connectivity index is 1.87. The molecule has 80 valence electrons. The smallest absolute Gasteiger partial charge is 0.358 e. The number of carboxylic acids is 1. The van der Waals surface area contributed by atoms with E-state index in [9.17, 15) is 4.79 Å². The van der Waals surface area contributed by atoms with E-state index in [4.69, 9.17) is 9.63 Å². The highest BCUT2D eigenvalue weighted by atomic mass is 16.5. The highest BCUT2D eigenvalue weighted by molar-refractivity contribution is 5.87. The van der Waals surface area contributed by atoms with Crippen LogP contribution in [0.3, 0.4) is 0 Å². The van der Waals surface area contributed by atoms with Crippen molar-refractivity contribution in [2.75, 3.05) is 6.54 Å². The molecule has 0 aromatic carbocycles. The van der Waals surface area contributed by atoms with Gasteiger partial charge in [0.25, 0.3) is 0 Å². The molecule has 1 saturated carbocycles. The first-order valence-electron chi connectivity index (χ1n) is 5.20. The summed E-state index contributed by atoms with van der Waals surface area (Å²) in [6, 6.07) is 0.691. The Bertz CT molecular complexity index is 409. The van der Waals surface area contributed by atoms with E-state index < -0.39 is 5.97 Å². The fraction of sp³-hybridized carbons (Fsp3) is 0.600. The molecule has 2 aliphatic rings. The molecule has 1 aliphatic heterocycles. The quantitative estimate of drug-likeness (QED) is 0.781. The lowest BCUT2D eigenvalue weighted by atomic mass is 10.1. The van der Waals surface area contributed by atoms with Crippen molar-refractivity contribution in [1.29, 1.82) is 0 Å². The summed E-state index contributed by atoms with van der Waals surface area (Å²) in [5, 5.41) is 12.5. The SMILES string of the molecule is O=C(O)c1noc2c1CCN(C1CC1)C2. The summed E-state index contributed by atoms with van der Waals surface area (Å²) >= 11 is 0. The van der Waals surface area contributed by atoms with Crippen LogP contribution in [0.5, 0.6) is 0 Å². The molecule has 5 heteroatoms. The minimum absolute atomic E-state index is 0.0976. The van der Waals surface area contributed by atoms with Crippen LogP contribution >= 0.6 is 0 Å². The van der Waals surface area contributed by atoms with E-state index in [-0.39, 0.29) is 5.69 Å². The monoisotopic (exact) mass is 208 g/mol. The highest BCUT2D eigenvalue weighted by Gasteiger charge is 2.34. The third-order valence-corrected chi connectivity index (χ3v) is 3.13. The van der Waals surface area contributed by atoms with Crippen LogP contribution < -0.4 is 0 Å². The van der Waals surface area contributed by atoms with Crippen LogP contribution in [-0.4, -0.2) is 33.7 Å². The number of nitrogens with zero attached hydrogens (tertiary/aromatic N) is 2. The lowest BCUT2D eigenvalue weighted by Crippen LogP contribution is -2.32. The molecule has 3 rings (SSSR count). The number of rotatable bonds is 2. The molecule has 0 bridgehead atoms. The molecule has 1 fully saturated rings. The lowest BCUT2D eigenvalue weighted by molar-refractivity contribution is 0.0684. The van der Waals surface area contributed by atoms with Crippen LogP contribution in [0, 0.1) is 0 Å². The molecule has 0 spiro atoms. The van der Waals surface area contributed by atoms with Gasteiger partial charge in [0.15, 0.2) is 11.5 Å². The molecule has 1 N–H and O–H groups in total. The molecule has 0 unspecified atom stereocenters. The average molecular weight is 208 g/mol. The van der Waals surface area contributed by atoms with Gasteiger partial charge in [0, 0.05) is 18.2 Å². The number of hydrogen-bond donors (Lipinski definition) is 1. The van der Waals surface area contributed by atoms with Crippen molar-refractivity contribution in [2.24, 2.45) is 0 Å². The Morgan fingerprint density at radius 2 is 2.33 bits per heavy atom. The lowest BCUT2D eigenvalue weighted by Gasteiger charge is -2.24. The number of carbonyl (C=O) groups is 1. The zero-order chi connectivity index (χ0) is 10.4. The fourth-order valence-electron chi connectivity index (χ4n) is 2.16. The summed E-state index contributed by atoms with van der Waals surface area (Å²) in [5.41, 5.74) is 0.889. The van der Waals surface area contributed by atoms with E-state index in [1.807, 2.05) is 0 Å². The van der Waals surface area contributed by atoms with Crippen molar-refractivity contribution in [1.82, 2.24) is 10.1 Å². The van der Waals surface area contributed by atoms with Gasteiger partial charge in [-0.3, -0.25) is 4.90 Å². The van der Waals surface area contributed by atoms with Gasteiger partial charge >= 0.3 is 5.97 Å². The number of aromatic carboxylic acids is 1. The van der Waals surface area contributed by atoms with Crippen LogP contribution in [0.2, 0.25) is 0 Å². The maximum absolute atomic E-state index is 10.8. The Morgan fingerprint density at radius 1 is 1.53 bits per heavy atom. The zero-order valence-electron chi connectivity index (χ0n) is 8.27. The van der Waals surface area contributed by atoms with Gasteiger partial charge in [0.05, 0.1) is 6.54 Å². The summed E-state index contributed by atoms with van der Waals surface area (Å²) in [6.45, 7) is 1.65. The first-order valence-corrected chi connectivity index (χ1v) is 5.20. The number of fused-ring (bicyclic) bond motifs is 1. The van der Waals surface area contributed by atoms with Crippen LogP contribution in [0.25, 0.3) is 0 Å². The van der Waals surface area contributed by atoms with Crippen LogP contribution in [0.15, 0.2) is 4.52 Å². The molecular formula is C10H12N2O3. The molecule has 0 saturated heterocycles. The van der Waals surface area contributed by atoms with Gasteiger partial charge in [-0.25, -0.2) is 4.79 Å².